The summed E-state index contributed by atoms with van der Waals surface area (Å²) in [5.74, 6) is 2.03. The number of ether oxygens (including phenoxy) is 1. The fourth-order valence-corrected chi connectivity index (χ4v) is 4.04. The van der Waals surface area contributed by atoms with Gasteiger partial charge in [-0.25, -0.2) is 0 Å². The number of carbonyl (C=O) groups is 1. The lowest BCUT2D eigenvalue weighted by molar-refractivity contribution is -0.123. The molecule has 4 nitrogen and oxygen atoms in total. The van der Waals surface area contributed by atoms with Crippen molar-refractivity contribution in [1.29, 1.82) is 0 Å². The number of para-hydroxylation sites is 2. The predicted octanol–water partition coefficient (Wildman–Crippen LogP) is 3.79. The lowest BCUT2D eigenvalue weighted by Crippen LogP contribution is -2.33. The van der Waals surface area contributed by atoms with E-state index in [0.29, 0.717) is 6.54 Å². The number of hydrogen-bond acceptors (Lipinski definition) is 3. The van der Waals surface area contributed by atoms with Gasteiger partial charge >= 0.3 is 0 Å². The summed E-state index contributed by atoms with van der Waals surface area (Å²) in [7, 11) is 0. The molecule has 2 aromatic rings. The fourth-order valence-electron chi connectivity index (χ4n) is 4.04. The molecule has 4 heteroatoms. The van der Waals surface area contributed by atoms with Gasteiger partial charge in [0.05, 0.1) is 0 Å². The van der Waals surface area contributed by atoms with E-state index in [9.17, 15) is 4.79 Å². The Labute approximate surface area is 155 Å². The second-order valence-electron chi connectivity index (χ2n) is 7.56. The first-order valence-corrected chi connectivity index (χ1v) is 9.48. The normalized spacial score (nSPS) is 20.6. The van der Waals surface area contributed by atoms with Crippen LogP contribution in [-0.4, -0.2) is 19.0 Å². The number of rotatable bonds is 5. The van der Waals surface area contributed by atoms with Crippen molar-refractivity contribution in [3.8, 4) is 11.5 Å². The summed E-state index contributed by atoms with van der Waals surface area (Å²) >= 11 is 0. The minimum Gasteiger partial charge on any atom is -0.457 e. The van der Waals surface area contributed by atoms with Crippen LogP contribution in [0.4, 0.5) is 0 Å². The van der Waals surface area contributed by atoms with Gasteiger partial charge in [0.1, 0.15) is 11.5 Å². The first kappa shape index (κ1) is 17.1. The van der Waals surface area contributed by atoms with Gasteiger partial charge in [-0.3, -0.25) is 4.79 Å². The van der Waals surface area contributed by atoms with Crippen LogP contribution in [0.15, 0.2) is 48.5 Å². The smallest absolute Gasteiger partial charge is 0.223 e. The molecule has 1 atom stereocenters. The maximum atomic E-state index is 12.6. The van der Waals surface area contributed by atoms with Gasteiger partial charge in [-0.05, 0) is 62.4 Å². The van der Waals surface area contributed by atoms with E-state index in [4.69, 9.17) is 4.74 Å². The highest BCUT2D eigenvalue weighted by molar-refractivity contribution is 5.82. The van der Waals surface area contributed by atoms with Crippen LogP contribution in [0.3, 0.4) is 0 Å². The molecule has 0 bridgehead atoms. The molecule has 1 spiro atoms. The van der Waals surface area contributed by atoms with E-state index in [1.165, 1.54) is 0 Å². The maximum Gasteiger partial charge on any atom is 0.223 e. The van der Waals surface area contributed by atoms with Crippen molar-refractivity contribution < 1.29 is 9.53 Å². The predicted molar refractivity (Wildman–Crippen MR) is 102 cm³/mol. The third kappa shape index (κ3) is 3.47. The Morgan fingerprint density at radius 3 is 2.58 bits per heavy atom. The van der Waals surface area contributed by atoms with Gasteiger partial charge in [0.25, 0.3) is 0 Å². The van der Waals surface area contributed by atoms with Gasteiger partial charge in [0.2, 0.25) is 5.91 Å². The molecule has 4 rings (SSSR count). The lowest BCUT2D eigenvalue weighted by Gasteiger charge is -2.23. The van der Waals surface area contributed by atoms with E-state index in [0.717, 1.165) is 55.0 Å². The monoisotopic (exact) mass is 350 g/mol. The minimum absolute atomic E-state index is 0.189. The van der Waals surface area contributed by atoms with Crippen molar-refractivity contribution >= 4 is 5.91 Å². The van der Waals surface area contributed by atoms with Crippen LogP contribution < -0.4 is 15.4 Å². The van der Waals surface area contributed by atoms with E-state index in [1.807, 2.05) is 55.5 Å². The van der Waals surface area contributed by atoms with Gasteiger partial charge in [0, 0.05) is 18.0 Å². The molecule has 0 radical (unpaired) electrons. The first-order chi connectivity index (χ1) is 12.7. The molecule has 2 aliphatic rings. The molecule has 1 saturated carbocycles. The molecule has 2 fully saturated rings. The summed E-state index contributed by atoms with van der Waals surface area (Å²) in [5, 5.41) is 6.52. The van der Waals surface area contributed by atoms with E-state index in [1.54, 1.807) is 0 Å². The summed E-state index contributed by atoms with van der Waals surface area (Å²) in [6.45, 7) is 4.62. The molecule has 1 amide bonds. The Balaban J connectivity index is 1.40. The molecule has 1 unspecified atom stereocenters. The average Bonchev–Trinajstić information content (AvgIpc) is 3.36. The summed E-state index contributed by atoms with van der Waals surface area (Å²) in [5.41, 5.74) is 2.37. The first-order valence-electron chi connectivity index (χ1n) is 9.48. The van der Waals surface area contributed by atoms with E-state index in [-0.39, 0.29) is 17.2 Å². The van der Waals surface area contributed by atoms with Crippen LogP contribution >= 0.6 is 0 Å². The van der Waals surface area contributed by atoms with E-state index in [2.05, 4.69) is 10.6 Å². The Morgan fingerprint density at radius 1 is 1.12 bits per heavy atom. The highest BCUT2D eigenvalue weighted by atomic mass is 16.5. The number of hydrogen-bond donors (Lipinski definition) is 2. The van der Waals surface area contributed by atoms with Crippen LogP contribution in [0, 0.1) is 18.3 Å². The van der Waals surface area contributed by atoms with Gasteiger partial charge in [-0.2, -0.15) is 0 Å². The van der Waals surface area contributed by atoms with Gasteiger partial charge in [-0.15, -0.1) is 0 Å². The van der Waals surface area contributed by atoms with E-state index < -0.39 is 0 Å². The second kappa shape index (κ2) is 7.12. The zero-order valence-corrected chi connectivity index (χ0v) is 15.3. The standard InChI is InChI=1S/C22H26N2O2/c1-16-6-2-4-8-19(16)26-20-9-5-3-7-17(20)15-24-21(25)18-14-22(18)10-12-23-13-11-22/h2-9,18,23H,10-15H2,1H3,(H,24,25). The van der Waals surface area contributed by atoms with E-state index >= 15 is 0 Å². The molecule has 2 aromatic carbocycles. The van der Waals surface area contributed by atoms with Crippen molar-refractivity contribution in [1.82, 2.24) is 10.6 Å². The molecule has 136 valence electrons. The zero-order valence-electron chi connectivity index (χ0n) is 15.3. The third-order valence-electron chi connectivity index (χ3n) is 5.84. The van der Waals surface area contributed by atoms with Gasteiger partial charge < -0.3 is 15.4 Å². The molecule has 1 heterocycles. The summed E-state index contributed by atoms with van der Waals surface area (Å²) in [6.07, 6.45) is 3.29. The molecule has 1 aliphatic carbocycles. The summed E-state index contributed by atoms with van der Waals surface area (Å²) in [6, 6.07) is 15.9. The quantitative estimate of drug-likeness (QED) is 0.862. The van der Waals surface area contributed by atoms with Gasteiger partial charge in [0.15, 0.2) is 0 Å². The Bertz CT molecular complexity index is 796. The van der Waals surface area contributed by atoms with Gasteiger partial charge in [-0.1, -0.05) is 36.4 Å². The number of amides is 1. The van der Waals surface area contributed by atoms with Crippen molar-refractivity contribution in [2.75, 3.05) is 13.1 Å². The molecule has 2 N–H and O–H groups in total. The third-order valence-corrected chi connectivity index (χ3v) is 5.84. The van der Waals surface area contributed by atoms with Crippen LogP contribution in [0.2, 0.25) is 0 Å². The lowest BCUT2D eigenvalue weighted by atomic mass is 9.92. The minimum atomic E-state index is 0.189. The van der Waals surface area contributed by atoms with Crippen molar-refractivity contribution in [3.05, 3.63) is 59.7 Å². The average molecular weight is 350 g/mol. The number of piperidine rings is 1. The highest BCUT2D eigenvalue weighted by Crippen LogP contribution is 2.58. The number of aryl methyl sites for hydroxylation is 1. The van der Waals surface area contributed by atoms with Crippen molar-refractivity contribution in [3.63, 3.8) is 0 Å². The van der Waals surface area contributed by atoms with Crippen molar-refractivity contribution in [2.45, 2.75) is 32.7 Å². The number of benzene rings is 2. The highest BCUT2D eigenvalue weighted by Gasteiger charge is 2.57. The Morgan fingerprint density at radius 2 is 1.81 bits per heavy atom. The van der Waals surface area contributed by atoms with Crippen LogP contribution in [-0.2, 0) is 11.3 Å². The molecule has 1 aliphatic heterocycles. The van der Waals surface area contributed by atoms with Crippen molar-refractivity contribution in [2.24, 2.45) is 11.3 Å². The molecule has 0 aromatic heterocycles. The molecule has 1 saturated heterocycles. The van der Waals surface area contributed by atoms with Crippen LogP contribution in [0.1, 0.15) is 30.4 Å². The van der Waals surface area contributed by atoms with Crippen LogP contribution in [0.5, 0.6) is 11.5 Å². The molecule has 26 heavy (non-hydrogen) atoms. The topological polar surface area (TPSA) is 50.4 Å². The Hall–Kier alpha value is -2.33. The summed E-state index contributed by atoms with van der Waals surface area (Å²) in [4.78, 5) is 12.6. The number of carbonyl (C=O) groups excluding carboxylic acids is 1. The Kier molecular flexibility index (Phi) is 4.68. The molecular weight excluding hydrogens is 324 g/mol. The van der Waals surface area contributed by atoms with Crippen LogP contribution in [0.25, 0.3) is 0 Å². The maximum absolute atomic E-state index is 12.6. The molecular formula is C22H26N2O2. The second-order valence-corrected chi connectivity index (χ2v) is 7.56. The fraction of sp³-hybridized carbons (Fsp3) is 0.409. The SMILES string of the molecule is Cc1ccccc1Oc1ccccc1CNC(=O)C1CC12CCNCC2. The number of nitrogens with one attached hydrogen (secondary N) is 2. The largest absolute Gasteiger partial charge is 0.457 e. The zero-order chi connectivity index (χ0) is 18.0. The summed E-state index contributed by atoms with van der Waals surface area (Å²) < 4.78 is 6.10.